The summed E-state index contributed by atoms with van der Waals surface area (Å²) in [6.45, 7) is 3.09. The van der Waals surface area contributed by atoms with E-state index in [9.17, 15) is 19.2 Å². The SMILES string of the molecule is C=CC(N)=O.O=C(Nc1cccc2c1C(=O)c1cccc(Nc3ccccc3)c1C2=O)c1ccccc1. The van der Waals surface area contributed by atoms with Gasteiger partial charge in [-0.3, -0.25) is 19.2 Å². The zero-order valence-electron chi connectivity index (χ0n) is 19.7. The fourth-order valence-electron chi connectivity index (χ4n) is 3.91. The zero-order valence-corrected chi connectivity index (χ0v) is 19.7. The molecule has 0 unspecified atom stereocenters. The van der Waals surface area contributed by atoms with Gasteiger partial charge >= 0.3 is 0 Å². The molecule has 4 aromatic rings. The van der Waals surface area contributed by atoms with E-state index in [4.69, 9.17) is 0 Å². The largest absolute Gasteiger partial charge is 0.366 e. The Kier molecular flexibility index (Phi) is 7.35. The molecule has 5 rings (SSSR count). The zero-order chi connectivity index (χ0) is 26.4. The van der Waals surface area contributed by atoms with E-state index in [0.29, 0.717) is 28.1 Å². The second kappa shape index (κ2) is 11.0. The first-order valence-electron chi connectivity index (χ1n) is 11.4. The number of anilines is 3. The van der Waals surface area contributed by atoms with Crippen LogP contribution in [0.2, 0.25) is 0 Å². The number of ketones is 2. The van der Waals surface area contributed by atoms with Crippen LogP contribution in [-0.4, -0.2) is 23.4 Å². The molecule has 0 fully saturated rings. The number of nitrogens with two attached hydrogens (primary N) is 1. The van der Waals surface area contributed by atoms with E-state index < -0.39 is 5.91 Å². The Morgan fingerprint density at radius 1 is 0.676 bits per heavy atom. The van der Waals surface area contributed by atoms with Gasteiger partial charge in [0.1, 0.15) is 0 Å². The first-order chi connectivity index (χ1) is 17.9. The van der Waals surface area contributed by atoms with Crippen molar-refractivity contribution in [1.82, 2.24) is 0 Å². The Hall–Kier alpha value is -5.30. The van der Waals surface area contributed by atoms with Crippen LogP contribution in [-0.2, 0) is 4.79 Å². The van der Waals surface area contributed by atoms with E-state index >= 15 is 0 Å². The summed E-state index contributed by atoms with van der Waals surface area (Å²) < 4.78 is 0. The van der Waals surface area contributed by atoms with Gasteiger partial charge in [-0.05, 0) is 42.5 Å². The average Bonchev–Trinajstić information content (AvgIpc) is 2.93. The Morgan fingerprint density at radius 2 is 1.16 bits per heavy atom. The van der Waals surface area contributed by atoms with Crippen molar-refractivity contribution in [3.63, 3.8) is 0 Å². The van der Waals surface area contributed by atoms with Gasteiger partial charge in [0.2, 0.25) is 5.91 Å². The third-order valence-electron chi connectivity index (χ3n) is 5.61. The maximum atomic E-state index is 13.5. The summed E-state index contributed by atoms with van der Waals surface area (Å²) in [4.78, 5) is 49.1. The third kappa shape index (κ3) is 5.36. The number of benzene rings is 4. The number of carbonyl (C=O) groups excluding carboxylic acids is 4. The minimum absolute atomic E-state index is 0.214. The second-order valence-corrected chi connectivity index (χ2v) is 8.03. The van der Waals surface area contributed by atoms with Crippen molar-refractivity contribution in [2.45, 2.75) is 0 Å². The van der Waals surface area contributed by atoms with Crippen molar-refractivity contribution < 1.29 is 19.2 Å². The summed E-state index contributed by atoms with van der Waals surface area (Å²) in [5.41, 5.74) is 7.84. The normalized spacial score (nSPS) is 11.2. The predicted molar refractivity (Wildman–Crippen MR) is 143 cm³/mol. The van der Waals surface area contributed by atoms with Gasteiger partial charge in [-0.1, -0.05) is 67.2 Å². The lowest BCUT2D eigenvalue weighted by atomic mass is 9.82. The predicted octanol–water partition coefficient (Wildman–Crippen LogP) is 5.12. The molecule has 0 aromatic heterocycles. The van der Waals surface area contributed by atoms with Crippen LogP contribution >= 0.6 is 0 Å². The highest BCUT2D eigenvalue weighted by Crippen LogP contribution is 2.36. The summed E-state index contributed by atoms with van der Waals surface area (Å²) in [5, 5.41) is 6.03. The van der Waals surface area contributed by atoms with Crippen LogP contribution in [0.5, 0.6) is 0 Å². The van der Waals surface area contributed by atoms with Crippen molar-refractivity contribution in [3.05, 3.63) is 138 Å². The third-order valence-corrected chi connectivity index (χ3v) is 5.61. The first kappa shape index (κ1) is 24.8. The van der Waals surface area contributed by atoms with Crippen LogP contribution in [0.3, 0.4) is 0 Å². The highest BCUT2D eigenvalue weighted by Gasteiger charge is 2.33. The van der Waals surface area contributed by atoms with Crippen molar-refractivity contribution in [3.8, 4) is 0 Å². The van der Waals surface area contributed by atoms with Gasteiger partial charge in [0.25, 0.3) is 5.91 Å². The molecule has 0 heterocycles. The lowest BCUT2D eigenvalue weighted by Gasteiger charge is -2.23. The molecule has 0 aliphatic heterocycles. The molecular formula is C30H23N3O4. The van der Waals surface area contributed by atoms with E-state index in [1.807, 2.05) is 36.4 Å². The van der Waals surface area contributed by atoms with E-state index in [1.165, 1.54) is 0 Å². The summed E-state index contributed by atoms with van der Waals surface area (Å²) in [6, 6.07) is 28.3. The van der Waals surface area contributed by atoms with Crippen LogP contribution < -0.4 is 16.4 Å². The summed E-state index contributed by atoms with van der Waals surface area (Å²) in [5.74, 6) is -1.38. The van der Waals surface area contributed by atoms with Gasteiger partial charge in [-0.25, -0.2) is 0 Å². The molecule has 7 nitrogen and oxygen atoms in total. The van der Waals surface area contributed by atoms with E-state index in [1.54, 1.807) is 60.7 Å². The van der Waals surface area contributed by atoms with Crippen molar-refractivity contribution >= 4 is 40.4 Å². The lowest BCUT2D eigenvalue weighted by Crippen LogP contribution is -2.24. The monoisotopic (exact) mass is 489 g/mol. The molecule has 0 spiro atoms. The van der Waals surface area contributed by atoms with E-state index in [-0.39, 0.29) is 28.6 Å². The average molecular weight is 490 g/mol. The van der Waals surface area contributed by atoms with Crippen LogP contribution in [0.15, 0.2) is 110 Å². The molecule has 1 aliphatic carbocycles. The Labute approximate surface area is 213 Å². The number of fused-ring (bicyclic) bond motifs is 2. The molecule has 0 atom stereocenters. The number of hydrogen-bond acceptors (Lipinski definition) is 5. The minimum atomic E-state index is -0.481. The van der Waals surface area contributed by atoms with Gasteiger partial charge in [-0.15, -0.1) is 0 Å². The summed E-state index contributed by atoms with van der Waals surface area (Å²) in [6.07, 6.45) is 1.06. The van der Waals surface area contributed by atoms with Gasteiger partial charge in [0.05, 0.1) is 22.5 Å². The molecule has 4 N–H and O–H groups in total. The van der Waals surface area contributed by atoms with Gasteiger partial charge in [0.15, 0.2) is 11.6 Å². The number of para-hydroxylation sites is 1. The number of primary amides is 1. The van der Waals surface area contributed by atoms with Crippen LogP contribution in [0, 0.1) is 0 Å². The molecular weight excluding hydrogens is 466 g/mol. The van der Waals surface area contributed by atoms with E-state index in [0.717, 1.165) is 11.8 Å². The number of rotatable bonds is 5. The Morgan fingerprint density at radius 3 is 1.70 bits per heavy atom. The summed E-state index contributed by atoms with van der Waals surface area (Å²) >= 11 is 0. The van der Waals surface area contributed by atoms with Crippen LogP contribution in [0.4, 0.5) is 17.1 Å². The lowest BCUT2D eigenvalue weighted by molar-refractivity contribution is -0.113. The van der Waals surface area contributed by atoms with Crippen molar-refractivity contribution in [2.75, 3.05) is 10.6 Å². The van der Waals surface area contributed by atoms with Gasteiger partial charge in [0, 0.05) is 22.4 Å². The number of carbonyl (C=O) groups is 4. The molecule has 1 aliphatic rings. The second-order valence-electron chi connectivity index (χ2n) is 8.03. The fraction of sp³-hybridized carbons (Fsp3) is 0. The quantitative estimate of drug-likeness (QED) is 0.296. The van der Waals surface area contributed by atoms with Gasteiger partial charge in [-0.2, -0.15) is 0 Å². The maximum Gasteiger partial charge on any atom is 0.255 e. The van der Waals surface area contributed by atoms with Crippen LogP contribution in [0.25, 0.3) is 0 Å². The Balaban J connectivity index is 0.000000586. The highest BCUT2D eigenvalue weighted by molar-refractivity contribution is 6.32. The first-order valence-corrected chi connectivity index (χ1v) is 11.4. The summed E-state index contributed by atoms with van der Waals surface area (Å²) in [7, 11) is 0. The molecule has 0 bridgehead atoms. The van der Waals surface area contributed by atoms with E-state index in [2.05, 4.69) is 22.9 Å². The number of hydrogen-bond donors (Lipinski definition) is 3. The molecule has 0 saturated carbocycles. The smallest absolute Gasteiger partial charge is 0.255 e. The Bertz CT molecular complexity index is 1510. The highest BCUT2D eigenvalue weighted by atomic mass is 16.2. The van der Waals surface area contributed by atoms with Crippen LogP contribution in [0.1, 0.15) is 42.2 Å². The van der Waals surface area contributed by atoms with Crippen molar-refractivity contribution in [1.29, 1.82) is 0 Å². The molecule has 7 heteroatoms. The fourth-order valence-corrected chi connectivity index (χ4v) is 3.91. The number of nitrogens with one attached hydrogen (secondary N) is 2. The maximum absolute atomic E-state index is 13.5. The van der Waals surface area contributed by atoms with Crippen molar-refractivity contribution in [2.24, 2.45) is 5.73 Å². The number of amides is 2. The molecule has 4 aromatic carbocycles. The molecule has 37 heavy (non-hydrogen) atoms. The topological polar surface area (TPSA) is 118 Å². The van der Waals surface area contributed by atoms with Gasteiger partial charge < -0.3 is 16.4 Å². The molecule has 2 amide bonds. The molecule has 0 saturated heterocycles. The minimum Gasteiger partial charge on any atom is -0.366 e. The standard InChI is InChI=1S/C27H18N2O3.C3H5NO/c30-25-20-14-8-16-22(29-27(32)17-9-3-1-4-10-17)24(20)26(31)19-13-7-15-21(23(19)25)28-18-11-5-2-6-12-18;1-2-3(4)5/h1-16,28H,(H,29,32);2H,1H2,(H2,4,5). The molecule has 0 radical (unpaired) electrons. The molecule has 182 valence electrons.